The molecule has 1 N–H and O–H groups in total. The van der Waals surface area contributed by atoms with Gasteiger partial charge in [0.25, 0.3) is 0 Å². The Morgan fingerprint density at radius 2 is 1.26 bits per heavy atom. The molecule has 8 rings (SSSR count). The standard InChI is InChI=1S/C36H24N4O2/c1-4-13-30-24(9-1)18-19-25-20-21-26(41-34-16-8-17-35(39-34)42-33-15-5-6-22-37-33)23-32(25)40(30)31-14-7-11-28-27-10-2-3-12-29(27)38-36(28)31/h1-23,38H. The van der Waals surface area contributed by atoms with Crippen LogP contribution < -0.4 is 14.4 Å². The van der Waals surface area contributed by atoms with Gasteiger partial charge in [0.15, 0.2) is 0 Å². The van der Waals surface area contributed by atoms with Crippen LogP contribution in [0.2, 0.25) is 0 Å². The number of aromatic amines is 1. The molecule has 6 heteroatoms. The van der Waals surface area contributed by atoms with Gasteiger partial charge >= 0.3 is 0 Å². The molecule has 0 unspecified atom stereocenters. The lowest BCUT2D eigenvalue weighted by Gasteiger charge is -2.28. The number of ether oxygens (including phenoxy) is 2. The number of hydrogen-bond acceptors (Lipinski definition) is 5. The molecule has 0 bridgehead atoms. The van der Waals surface area contributed by atoms with Crippen LogP contribution in [0.3, 0.4) is 0 Å². The van der Waals surface area contributed by atoms with E-state index in [1.54, 1.807) is 18.3 Å². The fourth-order valence-electron chi connectivity index (χ4n) is 5.51. The van der Waals surface area contributed by atoms with Crippen molar-refractivity contribution in [2.75, 3.05) is 4.90 Å². The predicted molar refractivity (Wildman–Crippen MR) is 168 cm³/mol. The molecule has 0 radical (unpaired) electrons. The van der Waals surface area contributed by atoms with Gasteiger partial charge in [0.2, 0.25) is 17.6 Å². The highest BCUT2D eigenvalue weighted by molar-refractivity contribution is 6.13. The second-order valence-corrected chi connectivity index (χ2v) is 10.0. The quantitative estimate of drug-likeness (QED) is 0.234. The maximum absolute atomic E-state index is 6.30. The lowest BCUT2D eigenvalue weighted by molar-refractivity contribution is 0.417. The lowest BCUT2D eigenvalue weighted by Crippen LogP contribution is -2.12. The van der Waals surface area contributed by atoms with Gasteiger partial charge in [-0.2, -0.15) is 4.98 Å². The Morgan fingerprint density at radius 3 is 2.17 bits per heavy atom. The molecule has 7 aromatic rings. The Balaban J connectivity index is 1.24. The first kappa shape index (κ1) is 24.0. The number of pyridine rings is 2. The molecule has 1 aliphatic rings. The molecule has 1 aliphatic heterocycles. The van der Waals surface area contributed by atoms with Crippen LogP contribution in [0.5, 0.6) is 23.4 Å². The number of nitrogens with one attached hydrogen (secondary N) is 1. The molecule has 4 aromatic carbocycles. The fraction of sp³-hybridized carbons (Fsp3) is 0. The monoisotopic (exact) mass is 544 g/mol. The number of rotatable bonds is 5. The molecule has 0 atom stereocenters. The van der Waals surface area contributed by atoms with E-state index in [4.69, 9.17) is 9.47 Å². The van der Waals surface area contributed by atoms with Gasteiger partial charge in [0, 0.05) is 46.8 Å². The topological polar surface area (TPSA) is 63.3 Å². The highest BCUT2D eigenvalue weighted by Crippen LogP contribution is 2.46. The molecule has 0 aliphatic carbocycles. The summed E-state index contributed by atoms with van der Waals surface area (Å²) in [6.07, 6.45) is 6.00. The van der Waals surface area contributed by atoms with E-state index in [1.807, 2.05) is 30.3 Å². The number of aromatic nitrogens is 3. The molecule has 4 heterocycles. The Bertz CT molecular complexity index is 2120. The summed E-state index contributed by atoms with van der Waals surface area (Å²) < 4.78 is 12.1. The molecular weight excluding hydrogens is 520 g/mol. The molecule has 0 amide bonds. The summed E-state index contributed by atoms with van der Waals surface area (Å²) in [5, 5.41) is 2.38. The van der Waals surface area contributed by atoms with Crippen LogP contribution in [0.4, 0.5) is 17.1 Å². The third-order valence-corrected chi connectivity index (χ3v) is 7.39. The summed E-state index contributed by atoms with van der Waals surface area (Å²) in [7, 11) is 0. The smallest absolute Gasteiger partial charge is 0.224 e. The molecule has 6 nitrogen and oxygen atoms in total. The van der Waals surface area contributed by atoms with Crippen LogP contribution in [0.1, 0.15) is 11.1 Å². The third kappa shape index (κ3) is 4.22. The molecule has 0 saturated heterocycles. The van der Waals surface area contributed by atoms with Crippen molar-refractivity contribution in [3.8, 4) is 23.4 Å². The summed E-state index contributed by atoms with van der Waals surface area (Å²) in [5.74, 6) is 1.97. The van der Waals surface area contributed by atoms with Gasteiger partial charge in [-0.3, -0.25) is 0 Å². The van der Waals surface area contributed by atoms with Crippen molar-refractivity contribution >= 4 is 51.0 Å². The van der Waals surface area contributed by atoms with Crippen molar-refractivity contribution in [3.63, 3.8) is 0 Å². The second kappa shape index (κ2) is 9.94. The minimum absolute atomic E-state index is 0.407. The summed E-state index contributed by atoms with van der Waals surface area (Å²) in [4.78, 5) is 14.8. The second-order valence-electron chi connectivity index (χ2n) is 10.0. The molecule has 3 aromatic heterocycles. The number of fused-ring (bicyclic) bond motifs is 5. The highest BCUT2D eigenvalue weighted by atomic mass is 16.5. The summed E-state index contributed by atoms with van der Waals surface area (Å²) in [6.45, 7) is 0. The van der Waals surface area contributed by atoms with E-state index in [0.29, 0.717) is 23.4 Å². The van der Waals surface area contributed by atoms with Crippen molar-refractivity contribution in [2.24, 2.45) is 0 Å². The zero-order valence-electron chi connectivity index (χ0n) is 22.4. The first-order chi connectivity index (χ1) is 20.8. The van der Waals surface area contributed by atoms with Crippen LogP contribution in [-0.4, -0.2) is 15.0 Å². The van der Waals surface area contributed by atoms with E-state index in [0.717, 1.165) is 39.2 Å². The number of para-hydroxylation sites is 3. The van der Waals surface area contributed by atoms with E-state index in [9.17, 15) is 0 Å². The number of benzene rings is 4. The van der Waals surface area contributed by atoms with Crippen molar-refractivity contribution in [1.29, 1.82) is 0 Å². The van der Waals surface area contributed by atoms with Crippen molar-refractivity contribution in [2.45, 2.75) is 0 Å². The summed E-state index contributed by atoms with van der Waals surface area (Å²) in [6, 6.07) is 40.4. The zero-order valence-corrected chi connectivity index (χ0v) is 22.4. The Morgan fingerprint density at radius 1 is 0.548 bits per heavy atom. The zero-order chi connectivity index (χ0) is 27.9. The fourth-order valence-corrected chi connectivity index (χ4v) is 5.51. The summed E-state index contributed by atoms with van der Waals surface area (Å²) in [5.41, 5.74) is 7.53. The third-order valence-electron chi connectivity index (χ3n) is 7.39. The lowest BCUT2D eigenvalue weighted by atomic mass is 10.1. The van der Waals surface area contributed by atoms with Crippen LogP contribution in [0.15, 0.2) is 128 Å². The van der Waals surface area contributed by atoms with Gasteiger partial charge in [-0.1, -0.05) is 72.8 Å². The van der Waals surface area contributed by atoms with Crippen LogP contribution in [0, 0.1) is 0 Å². The molecule has 0 saturated carbocycles. The van der Waals surface area contributed by atoms with Gasteiger partial charge in [-0.05, 0) is 47.5 Å². The number of hydrogen-bond donors (Lipinski definition) is 1. The highest BCUT2D eigenvalue weighted by Gasteiger charge is 2.23. The Labute approximate surface area is 242 Å². The van der Waals surface area contributed by atoms with E-state index in [2.05, 4.69) is 111 Å². The van der Waals surface area contributed by atoms with E-state index >= 15 is 0 Å². The van der Waals surface area contributed by atoms with E-state index < -0.39 is 0 Å². The predicted octanol–water partition coefficient (Wildman–Crippen LogP) is 9.65. The van der Waals surface area contributed by atoms with Gasteiger partial charge < -0.3 is 19.4 Å². The molecular formula is C36H24N4O2. The van der Waals surface area contributed by atoms with Crippen molar-refractivity contribution in [1.82, 2.24) is 15.0 Å². The normalized spacial score (nSPS) is 12.1. The summed E-state index contributed by atoms with van der Waals surface area (Å²) >= 11 is 0. The van der Waals surface area contributed by atoms with E-state index in [-0.39, 0.29) is 0 Å². The van der Waals surface area contributed by atoms with Crippen LogP contribution >= 0.6 is 0 Å². The van der Waals surface area contributed by atoms with Gasteiger partial charge in [0.05, 0.1) is 22.6 Å². The number of anilines is 3. The average molecular weight is 545 g/mol. The first-order valence-corrected chi connectivity index (χ1v) is 13.7. The van der Waals surface area contributed by atoms with Crippen LogP contribution in [0.25, 0.3) is 34.0 Å². The average Bonchev–Trinajstić information content (AvgIpc) is 3.33. The Hall–Kier alpha value is -5.88. The molecule has 200 valence electrons. The van der Waals surface area contributed by atoms with Crippen molar-refractivity contribution < 1.29 is 9.47 Å². The SMILES string of the molecule is C1=Cc2ccc(Oc3cccc(Oc4ccccn4)n3)cc2N(c2cccc3c2[nH]c2ccccc23)c2ccccc21. The van der Waals surface area contributed by atoms with Crippen molar-refractivity contribution in [3.05, 3.63) is 139 Å². The molecule has 0 fully saturated rings. The first-order valence-electron chi connectivity index (χ1n) is 13.7. The number of H-pyrrole nitrogens is 1. The maximum atomic E-state index is 6.30. The number of nitrogens with zero attached hydrogens (tertiary/aromatic N) is 3. The van der Waals surface area contributed by atoms with E-state index in [1.165, 1.54) is 10.8 Å². The molecule has 42 heavy (non-hydrogen) atoms. The minimum Gasteiger partial charge on any atom is -0.439 e. The van der Waals surface area contributed by atoms with Gasteiger partial charge in [0.1, 0.15) is 5.75 Å². The largest absolute Gasteiger partial charge is 0.439 e. The Kier molecular flexibility index (Phi) is 5.67. The van der Waals surface area contributed by atoms with Crippen LogP contribution in [-0.2, 0) is 0 Å². The van der Waals surface area contributed by atoms with Gasteiger partial charge in [-0.15, -0.1) is 0 Å². The van der Waals surface area contributed by atoms with Gasteiger partial charge in [-0.25, -0.2) is 4.98 Å². The maximum Gasteiger partial charge on any atom is 0.224 e. The molecule has 0 spiro atoms. The minimum atomic E-state index is 0.407.